The zero-order chi connectivity index (χ0) is 12.3. The smallest absolute Gasteiger partial charge is 0.354 e. The lowest BCUT2D eigenvalue weighted by molar-refractivity contribution is -0.945. The van der Waals surface area contributed by atoms with Gasteiger partial charge >= 0.3 is 11.6 Å². The van der Waals surface area contributed by atoms with Gasteiger partial charge in [-0.25, -0.2) is 0 Å². The molecule has 0 aromatic carbocycles. The van der Waals surface area contributed by atoms with E-state index < -0.39 is 26.4 Å². The molecule has 1 rings (SSSR count). The van der Waals surface area contributed by atoms with Gasteiger partial charge in [0.15, 0.2) is 14.8 Å². The van der Waals surface area contributed by atoms with Gasteiger partial charge in [-0.1, -0.05) is 0 Å². The Hall–Kier alpha value is -2.33. The molecule has 11 nitrogen and oxygen atoms in total. The monoisotopic (exact) mass is 233 g/mol. The highest BCUT2D eigenvalue weighted by molar-refractivity contribution is 5.87. The molecular weight excluding hydrogens is 226 g/mol. The van der Waals surface area contributed by atoms with E-state index in [4.69, 9.17) is 0 Å². The van der Waals surface area contributed by atoms with Gasteiger partial charge in [-0.05, 0) is 6.42 Å². The van der Waals surface area contributed by atoms with E-state index in [1.807, 2.05) is 0 Å². The van der Waals surface area contributed by atoms with E-state index in [1.165, 1.54) is 0 Å². The number of rotatable bonds is 4. The van der Waals surface area contributed by atoms with Gasteiger partial charge < -0.3 is 5.32 Å². The Morgan fingerprint density at radius 1 is 1.12 bits per heavy atom. The van der Waals surface area contributed by atoms with Crippen LogP contribution in [0.15, 0.2) is 4.99 Å². The molecule has 88 valence electrons. The maximum Gasteiger partial charge on any atom is 0.760 e. The van der Waals surface area contributed by atoms with Gasteiger partial charge in [0.1, 0.15) is 0 Å². The number of nitrogens with zero attached hydrogens (tertiary/aromatic N) is 4. The molecule has 0 atom stereocenters. The highest BCUT2D eigenvalue weighted by atomic mass is 16.7. The summed E-state index contributed by atoms with van der Waals surface area (Å²) >= 11 is 0. The highest BCUT2D eigenvalue weighted by Crippen LogP contribution is 2.15. The molecule has 0 bridgehead atoms. The Morgan fingerprint density at radius 2 is 1.62 bits per heavy atom. The van der Waals surface area contributed by atoms with Crippen molar-refractivity contribution in [1.29, 1.82) is 0 Å². The van der Waals surface area contributed by atoms with Crippen molar-refractivity contribution in [3.05, 3.63) is 30.3 Å². The largest absolute Gasteiger partial charge is 0.760 e. The second kappa shape index (κ2) is 4.04. The molecule has 1 N–H and O–H groups in total. The number of nitrogens with one attached hydrogen (secondary N) is 1. The molecule has 1 aliphatic heterocycles. The minimum Gasteiger partial charge on any atom is -0.354 e. The van der Waals surface area contributed by atoms with E-state index in [1.54, 1.807) is 0 Å². The molecule has 0 radical (unpaired) electrons. The van der Waals surface area contributed by atoms with Crippen LogP contribution in [0.3, 0.4) is 0 Å². The lowest BCUT2D eigenvalue weighted by Gasteiger charge is -2.15. The van der Waals surface area contributed by atoms with Crippen molar-refractivity contribution in [3.8, 4) is 0 Å². The zero-order valence-corrected chi connectivity index (χ0v) is 7.86. The summed E-state index contributed by atoms with van der Waals surface area (Å²) in [6, 6.07) is 0. The Labute approximate surface area is 87.6 Å². The highest BCUT2D eigenvalue weighted by Gasteiger charge is 2.76. The summed E-state index contributed by atoms with van der Waals surface area (Å²) in [7, 11) is 0. The van der Waals surface area contributed by atoms with E-state index in [9.17, 15) is 30.3 Å². The molecule has 0 aliphatic carbocycles. The Kier molecular flexibility index (Phi) is 2.96. The van der Waals surface area contributed by atoms with Crippen LogP contribution in [0.5, 0.6) is 0 Å². The molecule has 0 amide bonds. The fraction of sp³-hybridized carbons (Fsp3) is 0.800. The molecule has 1 aliphatic rings. The van der Waals surface area contributed by atoms with E-state index in [-0.39, 0.29) is 13.1 Å². The van der Waals surface area contributed by atoms with Crippen LogP contribution in [0.25, 0.3) is 0 Å². The first kappa shape index (κ1) is 11.7. The average Bonchev–Trinajstić information content (AvgIpc) is 2.18. The Balaban J connectivity index is 3.32. The molecule has 0 spiro atoms. The first-order valence-electron chi connectivity index (χ1n) is 4.16. The SMILES string of the molecule is O=[N+]([O-])C(C1=NCCCN1)([N+](=O)[O-])[N+](=O)[O-]. The third kappa shape index (κ3) is 1.51. The number of hydrogen-bond donors (Lipinski definition) is 1. The maximum atomic E-state index is 10.6. The summed E-state index contributed by atoms with van der Waals surface area (Å²) in [5.74, 6) is -4.46. The lowest BCUT2D eigenvalue weighted by Crippen LogP contribution is -2.64. The van der Waals surface area contributed by atoms with Crippen molar-refractivity contribution in [2.75, 3.05) is 13.1 Å². The van der Waals surface area contributed by atoms with Crippen molar-refractivity contribution < 1.29 is 14.8 Å². The number of hydrogen-bond acceptors (Lipinski definition) is 8. The van der Waals surface area contributed by atoms with Gasteiger partial charge in [0, 0.05) is 13.1 Å². The lowest BCUT2D eigenvalue weighted by atomic mass is 10.2. The molecule has 0 aromatic rings. The molecule has 0 saturated heterocycles. The van der Waals surface area contributed by atoms with Crippen LogP contribution < -0.4 is 5.32 Å². The van der Waals surface area contributed by atoms with E-state index in [0.29, 0.717) is 6.42 Å². The first-order valence-corrected chi connectivity index (χ1v) is 4.16. The third-order valence-electron chi connectivity index (χ3n) is 1.98. The molecule has 16 heavy (non-hydrogen) atoms. The van der Waals surface area contributed by atoms with Crippen LogP contribution >= 0.6 is 0 Å². The number of aliphatic imine (C=N–C) groups is 1. The average molecular weight is 233 g/mol. The van der Waals surface area contributed by atoms with Crippen molar-refractivity contribution >= 4 is 5.84 Å². The van der Waals surface area contributed by atoms with Crippen LogP contribution in [0.2, 0.25) is 0 Å². The fourth-order valence-corrected chi connectivity index (χ4v) is 1.22. The van der Waals surface area contributed by atoms with Gasteiger partial charge in [0.05, 0.1) is 0 Å². The first-order chi connectivity index (χ1) is 7.44. The Bertz CT molecular complexity index is 341. The maximum absolute atomic E-state index is 10.6. The predicted octanol–water partition coefficient (Wildman–Crippen LogP) is -1.14. The van der Waals surface area contributed by atoms with Crippen molar-refractivity contribution in [2.45, 2.75) is 12.2 Å². The summed E-state index contributed by atoms with van der Waals surface area (Å²) < 4.78 is 0. The van der Waals surface area contributed by atoms with Crippen molar-refractivity contribution in [2.24, 2.45) is 4.99 Å². The summed E-state index contributed by atoms with van der Waals surface area (Å²) in [5, 5.41) is 34.0. The van der Waals surface area contributed by atoms with Gasteiger partial charge in [-0.15, -0.1) is 0 Å². The van der Waals surface area contributed by atoms with E-state index >= 15 is 0 Å². The number of nitro groups is 3. The summed E-state index contributed by atoms with van der Waals surface area (Å²) in [6.07, 6.45) is 0.507. The van der Waals surface area contributed by atoms with Gasteiger partial charge in [-0.3, -0.25) is 35.3 Å². The fourth-order valence-electron chi connectivity index (χ4n) is 1.22. The summed E-state index contributed by atoms with van der Waals surface area (Å²) in [5.41, 5.74) is 0. The van der Waals surface area contributed by atoms with Gasteiger partial charge in [-0.2, -0.15) is 0 Å². The predicted molar refractivity (Wildman–Crippen MR) is 48.6 cm³/mol. The third-order valence-corrected chi connectivity index (χ3v) is 1.98. The van der Waals surface area contributed by atoms with Crippen LogP contribution in [0.1, 0.15) is 6.42 Å². The molecule has 0 unspecified atom stereocenters. The van der Waals surface area contributed by atoms with Crippen molar-refractivity contribution in [3.63, 3.8) is 0 Å². The topological polar surface area (TPSA) is 154 Å². The standard InChI is InChI=1S/C5H7N5O6/c11-8(12)5(9(13)14,10(15)16)4-6-2-1-3-7-4/h1-3H2,(H,6,7). The molecular formula is C5H7N5O6. The second-order valence-electron chi connectivity index (χ2n) is 2.92. The Morgan fingerprint density at radius 3 is 1.94 bits per heavy atom. The molecule has 0 saturated carbocycles. The minimum atomic E-state index is -3.62. The van der Waals surface area contributed by atoms with Gasteiger partial charge in [0.25, 0.3) is 0 Å². The second-order valence-corrected chi connectivity index (χ2v) is 2.92. The van der Waals surface area contributed by atoms with Crippen LogP contribution in [0.4, 0.5) is 0 Å². The minimum absolute atomic E-state index is 0.0829. The van der Waals surface area contributed by atoms with Crippen LogP contribution in [0, 0.1) is 30.3 Å². The van der Waals surface area contributed by atoms with Crippen molar-refractivity contribution in [1.82, 2.24) is 5.32 Å². The molecule has 0 aromatic heterocycles. The molecule has 11 heteroatoms. The normalized spacial score (nSPS) is 15.9. The number of amidine groups is 1. The van der Waals surface area contributed by atoms with E-state index in [2.05, 4.69) is 10.3 Å². The molecule has 0 fully saturated rings. The molecule has 1 heterocycles. The quantitative estimate of drug-likeness (QED) is 0.365. The van der Waals surface area contributed by atoms with E-state index in [0.717, 1.165) is 0 Å². The van der Waals surface area contributed by atoms with Crippen LogP contribution in [-0.4, -0.2) is 39.5 Å². The zero-order valence-electron chi connectivity index (χ0n) is 7.86. The van der Waals surface area contributed by atoms with Crippen LogP contribution in [-0.2, 0) is 0 Å². The van der Waals surface area contributed by atoms with Gasteiger partial charge in [0.2, 0.25) is 0 Å². The summed E-state index contributed by atoms with van der Waals surface area (Å²) in [6.45, 7) is 0.260. The summed E-state index contributed by atoms with van der Waals surface area (Å²) in [4.78, 5) is 30.6.